The van der Waals surface area contributed by atoms with Gasteiger partial charge in [-0.15, -0.1) is 0 Å². The van der Waals surface area contributed by atoms with Gasteiger partial charge < -0.3 is 15.5 Å². The van der Waals surface area contributed by atoms with Crippen LogP contribution in [0.4, 0.5) is 0 Å². The number of carbonyl (C=O) groups excluding carboxylic acids is 1. The molecule has 0 heterocycles. The van der Waals surface area contributed by atoms with E-state index in [2.05, 4.69) is 26.1 Å². The van der Waals surface area contributed by atoms with E-state index in [1.54, 1.807) is 0 Å². The van der Waals surface area contributed by atoms with Gasteiger partial charge in [-0.2, -0.15) is 8.42 Å². The lowest BCUT2D eigenvalue weighted by Crippen LogP contribution is -2.58. The molecule has 4 aliphatic rings. The van der Waals surface area contributed by atoms with Crippen molar-refractivity contribution in [2.24, 2.45) is 46.3 Å². The molecule has 4 N–H and O–H groups in total. The lowest BCUT2D eigenvalue weighted by atomic mass is 9.43. The third-order valence-electron chi connectivity index (χ3n) is 10.9. The van der Waals surface area contributed by atoms with E-state index in [1.807, 2.05) is 0 Å². The first kappa shape index (κ1) is 26.4. The molecule has 4 rings (SSSR count). The maximum absolute atomic E-state index is 12.2. The van der Waals surface area contributed by atoms with Crippen molar-refractivity contribution in [2.75, 3.05) is 12.3 Å². The maximum Gasteiger partial charge on any atom is 0.266 e. The standard InChI is InChI=1S/C26H45NO6S/c1-16(4-7-23(30)27-12-13-34(31,32)33)19-5-6-20-24-21(9-11-26(19,20)3)25(2)10-8-18(28)14-17(25)15-22(24)29/h16-22,24,28-29H,4-15H2,1-3H3,(H,27,30)(H,31,32,33)/t16-,17+,18-,19-,20+,21-,22-,24-,25+,26-/m1/s1. The molecule has 0 spiro atoms. The Kier molecular flexibility index (Phi) is 7.47. The molecule has 0 saturated heterocycles. The summed E-state index contributed by atoms with van der Waals surface area (Å²) in [6.45, 7) is 7.05. The summed E-state index contributed by atoms with van der Waals surface area (Å²) < 4.78 is 30.5. The van der Waals surface area contributed by atoms with Crippen molar-refractivity contribution in [3.05, 3.63) is 0 Å². The predicted octanol–water partition coefficient (Wildman–Crippen LogP) is 3.40. The van der Waals surface area contributed by atoms with Crippen LogP contribution in [0.1, 0.15) is 85.0 Å². The fourth-order valence-electron chi connectivity index (χ4n) is 9.14. The maximum atomic E-state index is 12.2. The van der Waals surface area contributed by atoms with Gasteiger partial charge in [-0.25, -0.2) is 0 Å². The van der Waals surface area contributed by atoms with Crippen LogP contribution in [0.25, 0.3) is 0 Å². The molecule has 196 valence electrons. The van der Waals surface area contributed by atoms with E-state index >= 15 is 0 Å². The number of rotatable bonds is 7. The third kappa shape index (κ3) is 4.94. The van der Waals surface area contributed by atoms with Gasteiger partial charge in [-0.05, 0) is 104 Å². The second-order valence-electron chi connectivity index (χ2n) is 12.6. The number of nitrogens with one attached hydrogen (secondary N) is 1. The molecule has 34 heavy (non-hydrogen) atoms. The van der Waals surface area contributed by atoms with Crippen LogP contribution in [0.5, 0.6) is 0 Å². The van der Waals surface area contributed by atoms with Crippen molar-refractivity contribution in [3.63, 3.8) is 0 Å². The van der Waals surface area contributed by atoms with E-state index in [9.17, 15) is 23.4 Å². The van der Waals surface area contributed by atoms with Crippen molar-refractivity contribution >= 4 is 16.0 Å². The van der Waals surface area contributed by atoms with Crippen LogP contribution < -0.4 is 5.32 Å². The molecule has 0 aliphatic heterocycles. The normalized spacial score (nSPS) is 45.1. The summed E-state index contributed by atoms with van der Waals surface area (Å²) in [6.07, 6.45) is 8.87. The van der Waals surface area contributed by atoms with Gasteiger partial charge >= 0.3 is 0 Å². The Bertz CT molecular complexity index is 863. The van der Waals surface area contributed by atoms with Crippen molar-refractivity contribution in [2.45, 2.75) is 97.2 Å². The van der Waals surface area contributed by atoms with E-state index in [-0.39, 0.29) is 35.5 Å². The van der Waals surface area contributed by atoms with E-state index < -0.39 is 15.9 Å². The molecule has 0 bridgehead atoms. The zero-order valence-corrected chi connectivity index (χ0v) is 21.9. The summed E-state index contributed by atoms with van der Waals surface area (Å²) >= 11 is 0. The fraction of sp³-hybridized carbons (Fsp3) is 0.962. The number of aliphatic hydroxyl groups is 2. The molecule has 7 nitrogen and oxygen atoms in total. The molecule has 0 aromatic rings. The number of aliphatic hydroxyl groups excluding tert-OH is 2. The summed E-state index contributed by atoms with van der Waals surface area (Å²) in [6, 6.07) is 0. The van der Waals surface area contributed by atoms with Gasteiger partial charge in [0.15, 0.2) is 0 Å². The van der Waals surface area contributed by atoms with Crippen LogP contribution in [-0.4, -0.2) is 53.6 Å². The van der Waals surface area contributed by atoms with Gasteiger partial charge in [0.25, 0.3) is 10.1 Å². The van der Waals surface area contributed by atoms with Crippen molar-refractivity contribution in [3.8, 4) is 0 Å². The Hall–Kier alpha value is -0.700. The second-order valence-corrected chi connectivity index (χ2v) is 14.2. The average Bonchev–Trinajstić information content (AvgIpc) is 3.09. The first-order valence-corrected chi connectivity index (χ1v) is 15.0. The summed E-state index contributed by atoms with van der Waals surface area (Å²) in [7, 11) is -4.06. The van der Waals surface area contributed by atoms with Crippen molar-refractivity contribution < 1.29 is 28.0 Å². The average molecular weight is 500 g/mol. The SMILES string of the molecule is C[C@H](CCC(=O)NCCS(=O)(=O)O)[C@H]1CC[C@H]2[C@H]3[C@H](O)C[C@@H]4C[C@H](O)CC[C@]4(C)[C@@H]3CC[C@]12C. The molecular weight excluding hydrogens is 454 g/mol. The Labute approximate surface area is 205 Å². The summed E-state index contributed by atoms with van der Waals surface area (Å²) in [5, 5.41) is 24.2. The molecule has 10 atom stereocenters. The molecule has 8 heteroatoms. The van der Waals surface area contributed by atoms with Crippen LogP contribution in [0.3, 0.4) is 0 Å². The fourth-order valence-corrected chi connectivity index (χ4v) is 9.50. The summed E-state index contributed by atoms with van der Waals surface area (Å²) in [4.78, 5) is 12.2. The molecule has 1 amide bonds. The quantitative estimate of drug-likeness (QED) is 0.398. The van der Waals surface area contributed by atoms with Crippen LogP contribution >= 0.6 is 0 Å². The topological polar surface area (TPSA) is 124 Å². The third-order valence-corrected chi connectivity index (χ3v) is 11.6. The van der Waals surface area contributed by atoms with Crippen LogP contribution in [0.2, 0.25) is 0 Å². The lowest BCUT2D eigenvalue weighted by molar-refractivity contribution is -0.174. The number of hydrogen-bond donors (Lipinski definition) is 4. The second kappa shape index (κ2) is 9.64. The Morgan fingerprint density at radius 3 is 2.41 bits per heavy atom. The van der Waals surface area contributed by atoms with Gasteiger partial charge in [-0.3, -0.25) is 9.35 Å². The zero-order chi connectivity index (χ0) is 24.9. The lowest BCUT2D eigenvalue weighted by Gasteiger charge is -2.62. The minimum Gasteiger partial charge on any atom is -0.393 e. The minimum absolute atomic E-state index is 0.0625. The first-order valence-electron chi connectivity index (χ1n) is 13.4. The van der Waals surface area contributed by atoms with Crippen LogP contribution in [0.15, 0.2) is 0 Å². The van der Waals surface area contributed by atoms with E-state index in [0.717, 1.165) is 51.4 Å². The highest BCUT2D eigenvalue weighted by Crippen LogP contribution is 2.68. The highest BCUT2D eigenvalue weighted by molar-refractivity contribution is 7.85. The first-order chi connectivity index (χ1) is 15.8. The van der Waals surface area contributed by atoms with Crippen LogP contribution in [-0.2, 0) is 14.9 Å². The molecule has 0 aromatic heterocycles. The highest BCUT2D eigenvalue weighted by Gasteiger charge is 2.62. The Balaban J connectivity index is 1.39. The number of carbonyl (C=O) groups is 1. The molecule has 4 aliphatic carbocycles. The number of hydrogen-bond acceptors (Lipinski definition) is 5. The van der Waals surface area contributed by atoms with E-state index in [4.69, 9.17) is 4.55 Å². The van der Waals surface area contributed by atoms with Gasteiger partial charge in [0.1, 0.15) is 0 Å². The highest BCUT2D eigenvalue weighted by atomic mass is 32.2. The minimum atomic E-state index is -4.06. The van der Waals surface area contributed by atoms with E-state index in [1.165, 1.54) is 6.42 Å². The number of fused-ring (bicyclic) bond motifs is 5. The van der Waals surface area contributed by atoms with Gasteiger partial charge in [-0.1, -0.05) is 20.8 Å². The van der Waals surface area contributed by atoms with E-state index in [0.29, 0.717) is 41.9 Å². The molecular formula is C26H45NO6S. The molecule has 0 unspecified atom stereocenters. The molecule has 4 saturated carbocycles. The van der Waals surface area contributed by atoms with Gasteiger partial charge in [0.05, 0.1) is 18.0 Å². The smallest absolute Gasteiger partial charge is 0.266 e. The zero-order valence-electron chi connectivity index (χ0n) is 21.1. The largest absolute Gasteiger partial charge is 0.393 e. The molecule has 4 fully saturated rings. The summed E-state index contributed by atoms with van der Waals surface area (Å²) in [5.74, 6) is 2.10. The molecule has 0 aromatic carbocycles. The molecule has 0 radical (unpaired) electrons. The Morgan fingerprint density at radius 2 is 1.71 bits per heavy atom. The summed E-state index contributed by atoms with van der Waals surface area (Å²) in [5.41, 5.74) is 0.411. The van der Waals surface area contributed by atoms with Crippen molar-refractivity contribution in [1.82, 2.24) is 5.32 Å². The number of amides is 1. The monoisotopic (exact) mass is 499 g/mol. The van der Waals surface area contributed by atoms with Crippen molar-refractivity contribution in [1.29, 1.82) is 0 Å². The van der Waals surface area contributed by atoms with Gasteiger partial charge in [0.2, 0.25) is 5.91 Å². The predicted molar refractivity (Wildman–Crippen MR) is 130 cm³/mol. The van der Waals surface area contributed by atoms with Crippen LogP contribution in [0, 0.1) is 46.3 Å². The van der Waals surface area contributed by atoms with Gasteiger partial charge in [0, 0.05) is 13.0 Å². The Morgan fingerprint density at radius 1 is 1.03 bits per heavy atom.